The van der Waals surface area contributed by atoms with Crippen LogP contribution in [0, 0.1) is 5.92 Å². The van der Waals surface area contributed by atoms with E-state index in [0.717, 1.165) is 24.6 Å². The summed E-state index contributed by atoms with van der Waals surface area (Å²) in [7, 11) is -1.50. The fourth-order valence-electron chi connectivity index (χ4n) is 3.53. The van der Waals surface area contributed by atoms with Crippen LogP contribution in [0.15, 0.2) is 29.2 Å². The van der Waals surface area contributed by atoms with Gasteiger partial charge in [-0.05, 0) is 35.8 Å². The lowest BCUT2D eigenvalue weighted by atomic mass is 10.0. The molecule has 0 aromatic heterocycles. The predicted octanol–water partition coefficient (Wildman–Crippen LogP) is 1.35. The summed E-state index contributed by atoms with van der Waals surface area (Å²) >= 11 is 2.05. The van der Waals surface area contributed by atoms with Crippen LogP contribution in [0.2, 0.25) is 0 Å². The first-order valence-electron chi connectivity index (χ1n) is 9.05. The van der Waals surface area contributed by atoms with Gasteiger partial charge in [0.25, 0.3) is 0 Å². The van der Waals surface area contributed by atoms with Crippen molar-refractivity contribution in [2.24, 2.45) is 5.92 Å². The number of methoxy groups -OCH3 is 1. The van der Waals surface area contributed by atoms with Crippen LogP contribution in [0.5, 0.6) is 0 Å². The fourth-order valence-corrected chi connectivity index (χ4v) is 5.65. The Morgan fingerprint density at radius 1 is 1.31 bits per heavy atom. The van der Waals surface area contributed by atoms with E-state index in [1.54, 1.807) is 19.2 Å². The lowest BCUT2D eigenvalue weighted by molar-refractivity contribution is 0.0122. The summed E-state index contributed by atoms with van der Waals surface area (Å²) in [5.74, 6) is 2.01. The molecule has 1 aromatic carbocycles. The molecule has 0 spiro atoms. The third-order valence-electron chi connectivity index (χ3n) is 5.23. The topological polar surface area (TPSA) is 79.5 Å². The molecule has 26 heavy (non-hydrogen) atoms. The number of hydrogen-bond donors (Lipinski definition) is 3. The molecule has 5 atom stereocenters. The fraction of sp³-hybridized carbons (Fsp3) is 0.667. The van der Waals surface area contributed by atoms with Crippen molar-refractivity contribution in [1.29, 1.82) is 0 Å². The summed E-state index contributed by atoms with van der Waals surface area (Å²) in [6.45, 7) is 4.09. The van der Waals surface area contributed by atoms with Crippen LogP contribution in [0.4, 0.5) is 0 Å². The number of ether oxygens (including phenoxy) is 1. The predicted molar refractivity (Wildman–Crippen MR) is 106 cm³/mol. The molecule has 5 unspecified atom stereocenters. The number of nitrogens with one attached hydrogen (secondary N) is 3. The van der Waals surface area contributed by atoms with Crippen LogP contribution in [-0.4, -0.2) is 58.3 Å². The van der Waals surface area contributed by atoms with Crippen LogP contribution in [0.25, 0.3) is 0 Å². The standard InChI is InChI=1S/C18H29N3O3S2/c1-12-8-9-25-15(12)10-19-16-11-20-18(24-2)17(21-16)13-4-6-14(7-5-13)26(3,22)23/h4-7,12,15-21H,8-11H2,1-3H3. The summed E-state index contributed by atoms with van der Waals surface area (Å²) in [6.07, 6.45) is 2.52. The first-order valence-corrected chi connectivity index (χ1v) is 12.0. The summed E-state index contributed by atoms with van der Waals surface area (Å²) in [6, 6.07) is 6.99. The third-order valence-corrected chi connectivity index (χ3v) is 7.89. The van der Waals surface area contributed by atoms with E-state index in [9.17, 15) is 8.42 Å². The van der Waals surface area contributed by atoms with Gasteiger partial charge < -0.3 is 4.74 Å². The first-order chi connectivity index (χ1) is 12.4. The molecule has 1 aromatic rings. The van der Waals surface area contributed by atoms with Crippen LogP contribution in [0.3, 0.4) is 0 Å². The molecule has 0 saturated carbocycles. The highest BCUT2D eigenvalue weighted by molar-refractivity contribution is 8.00. The van der Waals surface area contributed by atoms with E-state index >= 15 is 0 Å². The number of hydrogen-bond acceptors (Lipinski definition) is 7. The largest absolute Gasteiger partial charge is 0.365 e. The molecule has 2 aliphatic rings. The summed E-state index contributed by atoms with van der Waals surface area (Å²) in [4.78, 5) is 0.334. The Bertz CT molecular complexity index is 696. The molecule has 2 fully saturated rings. The third kappa shape index (κ3) is 4.79. The molecule has 2 saturated heterocycles. The zero-order valence-corrected chi connectivity index (χ0v) is 17.2. The Labute approximate surface area is 160 Å². The minimum atomic E-state index is -3.19. The van der Waals surface area contributed by atoms with Gasteiger partial charge in [0.15, 0.2) is 9.84 Å². The van der Waals surface area contributed by atoms with E-state index in [-0.39, 0.29) is 18.4 Å². The van der Waals surface area contributed by atoms with Crippen molar-refractivity contribution in [3.8, 4) is 0 Å². The average Bonchev–Trinajstić information content (AvgIpc) is 3.04. The zero-order valence-electron chi connectivity index (χ0n) is 15.6. The summed E-state index contributed by atoms with van der Waals surface area (Å²) < 4.78 is 28.9. The van der Waals surface area contributed by atoms with Crippen molar-refractivity contribution in [1.82, 2.24) is 16.0 Å². The number of piperazine rings is 1. The van der Waals surface area contributed by atoms with Crippen molar-refractivity contribution in [3.63, 3.8) is 0 Å². The van der Waals surface area contributed by atoms with Crippen LogP contribution < -0.4 is 16.0 Å². The van der Waals surface area contributed by atoms with E-state index < -0.39 is 9.84 Å². The number of benzene rings is 1. The second kappa shape index (κ2) is 8.58. The van der Waals surface area contributed by atoms with E-state index in [4.69, 9.17) is 4.74 Å². The molecule has 0 amide bonds. The lowest BCUT2D eigenvalue weighted by Crippen LogP contribution is -2.62. The molecule has 0 radical (unpaired) electrons. The molecule has 3 N–H and O–H groups in total. The molecule has 0 aliphatic carbocycles. The van der Waals surface area contributed by atoms with E-state index in [1.807, 2.05) is 12.1 Å². The summed E-state index contributed by atoms with van der Waals surface area (Å²) in [5, 5.41) is 11.3. The second-order valence-electron chi connectivity index (χ2n) is 7.19. The van der Waals surface area contributed by atoms with Gasteiger partial charge in [0, 0.05) is 31.7 Å². The monoisotopic (exact) mass is 399 g/mol. The Morgan fingerprint density at radius 3 is 2.62 bits per heavy atom. The van der Waals surface area contributed by atoms with Crippen molar-refractivity contribution in [2.75, 3.05) is 32.2 Å². The van der Waals surface area contributed by atoms with E-state index in [0.29, 0.717) is 10.1 Å². The van der Waals surface area contributed by atoms with Gasteiger partial charge in [0.2, 0.25) is 0 Å². The van der Waals surface area contributed by atoms with Gasteiger partial charge in [-0.15, -0.1) is 0 Å². The highest BCUT2D eigenvalue weighted by Crippen LogP contribution is 2.31. The SMILES string of the molecule is COC1NCC(NCC2SCCC2C)NC1c1ccc(S(C)(=O)=O)cc1. The Morgan fingerprint density at radius 2 is 2.04 bits per heavy atom. The zero-order chi connectivity index (χ0) is 18.7. The molecular formula is C18H29N3O3S2. The van der Waals surface area contributed by atoms with Gasteiger partial charge in [0.05, 0.1) is 17.1 Å². The highest BCUT2D eigenvalue weighted by Gasteiger charge is 2.32. The van der Waals surface area contributed by atoms with E-state index in [2.05, 4.69) is 34.6 Å². The van der Waals surface area contributed by atoms with Crippen molar-refractivity contribution >= 4 is 21.6 Å². The molecule has 6 nitrogen and oxygen atoms in total. The number of sulfone groups is 1. The summed E-state index contributed by atoms with van der Waals surface area (Å²) in [5.41, 5.74) is 1.01. The number of rotatable bonds is 6. The van der Waals surface area contributed by atoms with Crippen molar-refractivity contribution in [2.45, 2.75) is 41.9 Å². The van der Waals surface area contributed by atoms with Crippen molar-refractivity contribution < 1.29 is 13.2 Å². The molecule has 2 aliphatic heterocycles. The molecule has 8 heteroatoms. The maximum Gasteiger partial charge on any atom is 0.175 e. The smallest absolute Gasteiger partial charge is 0.175 e. The van der Waals surface area contributed by atoms with Crippen molar-refractivity contribution in [3.05, 3.63) is 29.8 Å². The Hall–Kier alpha value is -0.640. The molecule has 0 bridgehead atoms. The molecular weight excluding hydrogens is 370 g/mol. The van der Waals surface area contributed by atoms with Gasteiger partial charge in [-0.3, -0.25) is 16.0 Å². The normalized spacial score (nSPS) is 32.7. The Balaban J connectivity index is 1.65. The Kier molecular flexibility index (Phi) is 6.63. The maximum absolute atomic E-state index is 11.7. The van der Waals surface area contributed by atoms with Crippen LogP contribution >= 0.6 is 11.8 Å². The van der Waals surface area contributed by atoms with Gasteiger partial charge in [0.1, 0.15) is 6.23 Å². The van der Waals surface area contributed by atoms with Gasteiger partial charge in [-0.1, -0.05) is 19.1 Å². The van der Waals surface area contributed by atoms with E-state index in [1.165, 1.54) is 18.4 Å². The molecule has 2 heterocycles. The minimum absolute atomic E-state index is 0.0477. The van der Waals surface area contributed by atoms with Crippen LogP contribution in [-0.2, 0) is 14.6 Å². The van der Waals surface area contributed by atoms with Gasteiger partial charge in [-0.2, -0.15) is 11.8 Å². The first kappa shape index (κ1) is 20.1. The quantitative estimate of drug-likeness (QED) is 0.666. The van der Waals surface area contributed by atoms with Gasteiger partial charge >= 0.3 is 0 Å². The maximum atomic E-state index is 11.7. The second-order valence-corrected chi connectivity index (χ2v) is 10.5. The van der Waals surface area contributed by atoms with Gasteiger partial charge in [-0.25, -0.2) is 8.42 Å². The molecule has 3 rings (SSSR count). The molecule has 146 valence electrons. The van der Waals surface area contributed by atoms with Crippen LogP contribution in [0.1, 0.15) is 24.9 Å². The average molecular weight is 400 g/mol. The number of thioether (sulfide) groups is 1. The lowest BCUT2D eigenvalue weighted by Gasteiger charge is -2.38. The minimum Gasteiger partial charge on any atom is -0.365 e. The highest BCUT2D eigenvalue weighted by atomic mass is 32.2.